The van der Waals surface area contributed by atoms with Gasteiger partial charge in [0.15, 0.2) is 5.65 Å². The Hall–Kier alpha value is -4.03. The fourth-order valence-corrected chi connectivity index (χ4v) is 7.00. The zero-order valence-corrected chi connectivity index (χ0v) is 25.5. The van der Waals surface area contributed by atoms with Crippen LogP contribution in [0.5, 0.6) is 0 Å². The zero-order chi connectivity index (χ0) is 29.9. The van der Waals surface area contributed by atoms with Gasteiger partial charge in [0.2, 0.25) is 5.95 Å². The van der Waals surface area contributed by atoms with E-state index >= 15 is 0 Å². The number of amides is 1. The smallest absolute Gasteiger partial charge is 0.410 e. The van der Waals surface area contributed by atoms with Crippen molar-refractivity contribution >= 4 is 50.6 Å². The van der Waals surface area contributed by atoms with Crippen molar-refractivity contribution in [2.24, 2.45) is 5.92 Å². The molecule has 11 nitrogen and oxygen atoms in total. The van der Waals surface area contributed by atoms with Crippen molar-refractivity contribution in [3.8, 4) is 11.3 Å². The molecule has 0 spiro atoms. The van der Waals surface area contributed by atoms with Gasteiger partial charge in [-0.05, 0) is 63.1 Å². The highest BCUT2D eigenvalue weighted by Gasteiger charge is 2.38. The Labute approximate surface area is 253 Å². The standard InChI is InChI=1S/C31H34N6O5S/c1-31(2,3)42-30(39)36-15-20-13-35(14-21(20)16-36)29-33-25(19-9-8-18-11-23(28(38)40-4)43-22(18)12-19)26-27(34-29)37(17-32-26)24-7-5-6-10-41-24/h8-9,11-13,17,21,24H,5-7,10,14-16H2,1-4H3. The second kappa shape index (κ2) is 10.6. The molecule has 2 atom stereocenters. The molecule has 3 aromatic heterocycles. The molecule has 2 saturated heterocycles. The highest BCUT2D eigenvalue weighted by molar-refractivity contribution is 7.20. The van der Waals surface area contributed by atoms with Crippen LogP contribution in [0.1, 0.15) is 55.9 Å². The monoisotopic (exact) mass is 602 g/mol. The van der Waals surface area contributed by atoms with E-state index in [-0.39, 0.29) is 24.2 Å². The molecule has 2 fully saturated rings. The Morgan fingerprint density at radius 2 is 1.98 bits per heavy atom. The number of anilines is 1. The lowest BCUT2D eigenvalue weighted by atomic mass is 10.1. The topological polar surface area (TPSA) is 112 Å². The lowest BCUT2D eigenvalue weighted by molar-refractivity contribution is -0.0298. The van der Waals surface area contributed by atoms with Crippen LogP contribution in [0, 0.1) is 5.92 Å². The maximum absolute atomic E-state index is 12.7. The summed E-state index contributed by atoms with van der Waals surface area (Å²) in [7, 11) is 1.39. The number of likely N-dealkylation sites (tertiary alicyclic amines) is 1. The van der Waals surface area contributed by atoms with Gasteiger partial charge in [-0.2, -0.15) is 4.98 Å². The van der Waals surface area contributed by atoms with Crippen molar-refractivity contribution in [2.45, 2.75) is 51.9 Å². The molecule has 12 heteroatoms. The molecule has 1 aromatic carbocycles. The first-order valence-corrected chi connectivity index (χ1v) is 15.4. The lowest BCUT2D eigenvalue weighted by Gasteiger charge is -2.25. The van der Waals surface area contributed by atoms with Gasteiger partial charge >= 0.3 is 12.1 Å². The molecule has 43 heavy (non-hydrogen) atoms. The van der Waals surface area contributed by atoms with Gasteiger partial charge in [0.05, 0.1) is 13.4 Å². The van der Waals surface area contributed by atoms with Crippen LogP contribution in [0.25, 0.3) is 32.5 Å². The average Bonchev–Trinajstić information content (AvgIpc) is 3.77. The molecule has 4 aromatic rings. The summed E-state index contributed by atoms with van der Waals surface area (Å²) in [6.45, 7) is 8.14. The van der Waals surface area contributed by atoms with Crippen LogP contribution >= 0.6 is 11.3 Å². The van der Waals surface area contributed by atoms with Crippen LogP contribution in [0.4, 0.5) is 10.7 Å². The third-order valence-electron chi connectivity index (χ3n) is 8.04. The summed E-state index contributed by atoms with van der Waals surface area (Å²) < 4.78 is 19.6. The number of methoxy groups -OCH3 is 1. The van der Waals surface area contributed by atoms with Crippen LogP contribution in [-0.4, -0.2) is 75.4 Å². The van der Waals surface area contributed by atoms with Gasteiger partial charge < -0.3 is 24.0 Å². The number of thiophene rings is 1. The SMILES string of the molecule is COC(=O)c1cc2ccc(-c3nc(N4C=C5CN(C(=O)OC(C)(C)C)CC5C4)nc4c3ncn4C3CCCCO3)cc2s1. The number of benzene rings is 1. The molecule has 0 N–H and O–H groups in total. The summed E-state index contributed by atoms with van der Waals surface area (Å²) in [5.41, 5.74) is 3.65. The summed E-state index contributed by atoms with van der Waals surface area (Å²) in [6, 6.07) is 7.90. The Morgan fingerprint density at radius 3 is 2.72 bits per heavy atom. The number of carbonyl (C=O) groups excluding carboxylic acids is 2. The minimum atomic E-state index is -0.535. The number of hydrogen-bond donors (Lipinski definition) is 0. The Kier molecular flexibility index (Phi) is 6.85. The molecule has 0 bridgehead atoms. The number of esters is 1. The number of rotatable bonds is 4. The third-order valence-corrected chi connectivity index (χ3v) is 9.12. The van der Waals surface area contributed by atoms with Crippen LogP contribution in [0.2, 0.25) is 0 Å². The van der Waals surface area contributed by atoms with Gasteiger partial charge in [-0.1, -0.05) is 12.1 Å². The summed E-state index contributed by atoms with van der Waals surface area (Å²) in [5, 5.41) is 0.965. The summed E-state index contributed by atoms with van der Waals surface area (Å²) >= 11 is 1.39. The Bertz CT molecular complexity index is 1770. The summed E-state index contributed by atoms with van der Waals surface area (Å²) in [4.78, 5) is 44.1. The van der Waals surface area contributed by atoms with Crippen molar-refractivity contribution in [1.82, 2.24) is 24.4 Å². The minimum Gasteiger partial charge on any atom is -0.465 e. The molecule has 224 valence electrons. The number of imidazole rings is 1. The normalized spacial score (nSPS) is 20.5. The first-order chi connectivity index (χ1) is 20.7. The number of aromatic nitrogens is 4. The van der Waals surface area contributed by atoms with E-state index in [1.165, 1.54) is 18.4 Å². The second-order valence-corrected chi connectivity index (χ2v) is 13.4. The van der Waals surface area contributed by atoms with E-state index in [1.807, 2.05) is 49.6 Å². The van der Waals surface area contributed by atoms with Crippen molar-refractivity contribution in [2.75, 3.05) is 38.3 Å². The van der Waals surface area contributed by atoms with Crippen molar-refractivity contribution < 1.29 is 23.8 Å². The van der Waals surface area contributed by atoms with Crippen LogP contribution < -0.4 is 4.90 Å². The van der Waals surface area contributed by atoms with E-state index in [2.05, 4.69) is 11.1 Å². The predicted octanol–water partition coefficient (Wildman–Crippen LogP) is 5.76. The minimum absolute atomic E-state index is 0.129. The molecule has 6 heterocycles. The highest BCUT2D eigenvalue weighted by Crippen LogP contribution is 2.37. The summed E-state index contributed by atoms with van der Waals surface area (Å²) in [6.07, 6.45) is 6.49. The summed E-state index contributed by atoms with van der Waals surface area (Å²) in [5.74, 6) is 0.409. The first-order valence-electron chi connectivity index (χ1n) is 14.6. The van der Waals surface area contributed by atoms with Crippen LogP contribution in [0.15, 0.2) is 42.4 Å². The van der Waals surface area contributed by atoms with E-state index < -0.39 is 5.60 Å². The molecular weight excluding hydrogens is 568 g/mol. The van der Waals surface area contributed by atoms with E-state index in [1.54, 1.807) is 11.2 Å². The molecule has 2 unspecified atom stereocenters. The largest absolute Gasteiger partial charge is 0.465 e. The molecule has 7 rings (SSSR count). The number of carbonyl (C=O) groups is 2. The highest BCUT2D eigenvalue weighted by atomic mass is 32.1. The fraction of sp³-hybridized carbons (Fsp3) is 0.452. The Morgan fingerprint density at radius 1 is 1.12 bits per heavy atom. The molecule has 0 saturated carbocycles. The van der Waals surface area contributed by atoms with Gasteiger partial charge in [-0.3, -0.25) is 4.57 Å². The van der Waals surface area contributed by atoms with E-state index in [0.717, 1.165) is 51.8 Å². The van der Waals surface area contributed by atoms with Crippen molar-refractivity contribution in [3.63, 3.8) is 0 Å². The van der Waals surface area contributed by atoms with Gasteiger partial charge in [0, 0.05) is 48.6 Å². The first kappa shape index (κ1) is 27.8. The number of fused-ring (bicyclic) bond motifs is 3. The number of nitrogens with zero attached hydrogens (tertiary/aromatic N) is 6. The van der Waals surface area contributed by atoms with Crippen molar-refractivity contribution in [3.05, 3.63) is 47.2 Å². The molecular formula is C31H34N6O5S. The lowest BCUT2D eigenvalue weighted by Crippen LogP contribution is -2.36. The maximum Gasteiger partial charge on any atom is 0.410 e. The predicted molar refractivity (Wildman–Crippen MR) is 163 cm³/mol. The number of hydrogen-bond acceptors (Lipinski definition) is 10. The van der Waals surface area contributed by atoms with Crippen LogP contribution in [0.3, 0.4) is 0 Å². The average molecular weight is 603 g/mol. The van der Waals surface area contributed by atoms with E-state index in [4.69, 9.17) is 29.2 Å². The van der Waals surface area contributed by atoms with Crippen molar-refractivity contribution in [1.29, 1.82) is 0 Å². The van der Waals surface area contributed by atoms with Gasteiger partial charge in [0.25, 0.3) is 0 Å². The second-order valence-electron chi connectivity index (χ2n) is 12.3. The molecule has 0 aliphatic carbocycles. The fourth-order valence-electron chi connectivity index (χ4n) is 5.98. The third kappa shape index (κ3) is 5.22. The van der Waals surface area contributed by atoms with E-state index in [9.17, 15) is 9.59 Å². The molecule has 0 radical (unpaired) electrons. The maximum atomic E-state index is 12.7. The Balaban J connectivity index is 1.27. The molecule has 1 amide bonds. The quantitative estimate of drug-likeness (QED) is 0.269. The zero-order valence-electron chi connectivity index (χ0n) is 24.7. The number of ether oxygens (including phenoxy) is 3. The van der Waals surface area contributed by atoms with Gasteiger partial charge in [-0.15, -0.1) is 11.3 Å². The van der Waals surface area contributed by atoms with Gasteiger partial charge in [-0.25, -0.2) is 19.6 Å². The molecule has 3 aliphatic heterocycles. The van der Waals surface area contributed by atoms with Gasteiger partial charge in [0.1, 0.15) is 27.9 Å². The van der Waals surface area contributed by atoms with E-state index in [0.29, 0.717) is 42.6 Å². The van der Waals surface area contributed by atoms with Crippen LogP contribution in [-0.2, 0) is 14.2 Å². The molecule has 3 aliphatic rings.